The molecule has 4 N–H and O–H groups in total. The summed E-state index contributed by atoms with van der Waals surface area (Å²) in [5.41, 5.74) is 2.30. The summed E-state index contributed by atoms with van der Waals surface area (Å²) in [6.07, 6.45) is 1.16. The van der Waals surface area contributed by atoms with Gasteiger partial charge in [0, 0.05) is 10.3 Å². The smallest absolute Gasteiger partial charge is 0.282 e. The molecular formula is C30H30O12P2S4. The van der Waals surface area contributed by atoms with Crippen molar-refractivity contribution < 1.29 is 51.9 Å². The third kappa shape index (κ3) is 6.88. The highest BCUT2D eigenvalue weighted by Gasteiger charge is 2.54. The molecule has 18 heteroatoms. The molecule has 0 saturated heterocycles. The predicted octanol–water partition coefficient (Wildman–Crippen LogP) is 4.64. The standard InChI is InChI=1S/C30H30O12P2S4/c31-45(32,33)23-9-1-19(2-10-23)29(43,20-3-11-24(12-4-20)46(34,35)36)27-17-18-28(27)30(44,21-5-13-25(14-6-21)47(37,38)39)22-7-15-26(16-8-22)48(40,41)42/h1-16,27-28H,17-18,43-44H2,(H,31,32,33)(H,34,35,36)(H,37,38,39)(H,40,41,42). The molecule has 5 rings (SSSR count). The van der Waals surface area contributed by atoms with E-state index in [-0.39, 0.29) is 31.4 Å². The van der Waals surface area contributed by atoms with Crippen LogP contribution in [0.25, 0.3) is 0 Å². The second kappa shape index (κ2) is 12.6. The molecule has 0 spiro atoms. The molecule has 0 aromatic heterocycles. The van der Waals surface area contributed by atoms with Crippen LogP contribution in [0, 0.1) is 11.8 Å². The molecule has 12 nitrogen and oxygen atoms in total. The van der Waals surface area contributed by atoms with Crippen molar-refractivity contribution in [3.63, 3.8) is 0 Å². The Bertz CT molecular complexity index is 1970. The Morgan fingerprint density at radius 2 is 0.562 bits per heavy atom. The van der Waals surface area contributed by atoms with Gasteiger partial charge in [0.1, 0.15) is 0 Å². The fourth-order valence-corrected chi connectivity index (χ4v) is 9.88. The molecule has 0 radical (unpaired) electrons. The van der Waals surface area contributed by atoms with Crippen molar-refractivity contribution >= 4 is 59.0 Å². The molecule has 1 fully saturated rings. The van der Waals surface area contributed by atoms with E-state index in [0.717, 1.165) is 0 Å². The number of hydrogen-bond donors (Lipinski definition) is 4. The first-order valence-electron chi connectivity index (χ1n) is 14.0. The first kappa shape index (κ1) is 36.7. The number of rotatable bonds is 10. The van der Waals surface area contributed by atoms with E-state index < -0.39 is 50.8 Å². The monoisotopic (exact) mass is 772 g/mol. The number of hydrogen-bond acceptors (Lipinski definition) is 8. The van der Waals surface area contributed by atoms with Crippen molar-refractivity contribution in [2.24, 2.45) is 11.8 Å². The molecule has 1 aliphatic rings. The maximum Gasteiger partial charge on any atom is 0.294 e. The van der Waals surface area contributed by atoms with E-state index >= 15 is 0 Å². The normalized spacial score (nSPS) is 17.9. The molecule has 0 heterocycles. The molecular weight excluding hydrogens is 743 g/mol. The zero-order chi connectivity index (χ0) is 35.5. The topological polar surface area (TPSA) is 217 Å². The first-order chi connectivity index (χ1) is 22.1. The van der Waals surface area contributed by atoms with E-state index in [1.807, 2.05) is 0 Å². The van der Waals surface area contributed by atoms with E-state index in [0.29, 0.717) is 35.1 Å². The zero-order valence-electron chi connectivity index (χ0n) is 24.6. The Morgan fingerprint density at radius 1 is 0.396 bits per heavy atom. The summed E-state index contributed by atoms with van der Waals surface area (Å²) in [6.45, 7) is 0. The third-order valence-electron chi connectivity index (χ3n) is 8.96. The largest absolute Gasteiger partial charge is 0.294 e. The lowest BCUT2D eigenvalue weighted by atomic mass is 9.56. The Kier molecular flexibility index (Phi) is 9.63. The Hall–Kier alpha value is -2.62. The number of benzene rings is 4. The molecule has 4 aromatic carbocycles. The second-order valence-electron chi connectivity index (χ2n) is 11.5. The summed E-state index contributed by atoms with van der Waals surface area (Å²) in [6, 6.07) is 22.1. The molecule has 1 saturated carbocycles. The van der Waals surface area contributed by atoms with Gasteiger partial charge in [0.15, 0.2) is 0 Å². The quantitative estimate of drug-likeness (QED) is 0.128. The van der Waals surface area contributed by atoms with E-state index in [1.54, 1.807) is 0 Å². The van der Waals surface area contributed by atoms with E-state index in [9.17, 15) is 51.9 Å². The zero-order valence-corrected chi connectivity index (χ0v) is 30.2. The lowest BCUT2D eigenvalue weighted by Crippen LogP contribution is -2.49. The molecule has 4 atom stereocenters. The van der Waals surface area contributed by atoms with Crippen LogP contribution in [0.2, 0.25) is 0 Å². The van der Waals surface area contributed by atoms with Gasteiger partial charge in [0.25, 0.3) is 40.5 Å². The van der Waals surface area contributed by atoms with Crippen LogP contribution in [-0.4, -0.2) is 51.9 Å². The van der Waals surface area contributed by atoms with Crippen molar-refractivity contribution in [2.75, 3.05) is 0 Å². The highest BCUT2D eigenvalue weighted by atomic mass is 32.2. The van der Waals surface area contributed by atoms with Crippen molar-refractivity contribution in [2.45, 2.75) is 42.7 Å². The Morgan fingerprint density at radius 3 is 0.688 bits per heavy atom. The van der Waals surface area contributed by atoms with Crippen LogP contribution < -0.4 is 0 Å². The highest BCUT2D eigenvalue weighted by Crippen LogP contribution is 2.64. The van der Waals surface area contributed by atoms with Gasteiger partial charge in [-0.1, -0.05) is 48.5 Å². The summed E-state index contributed by atoms with van der Waals surface area (Å²) in [7, 11) is -12.5. The van der Waals surface area contributed by atoms with Crippen molar-refractivity contribution in [3.8, 4) is 0 Å². The summed E-state index contributed by atoms with van der Waals surface area (Å²) in [5, 5.41) is -2.11. The van der Waals surface area contributed by atoms with E-state index in [2.05, 4.69) is 18.5 Å². The average molecular weight is 773 g/mol. The molecule has 0 bridgehead atoms. The van der Waals surface area contributed by atoms with Crippen molar-refractivity contribution in [1.29, 1.82) is 0 Å². The minimum absolute atomic E-state index is 0.337. The summed E-state index contributed by atoms with van der Waals surface area (Å²) >= 11 is 0. The SMILES string of the molecule is O=S(=O)(O)c1ccc(C(P)(c2ccc(S(=O)(=O)O)cc2)C2CCC2C(P)(c2ccc(S(=O)(=O)O)cc2)c2ccc(S(=O)(=O)O)cc2)cc1. The molecule has 48 heavy (non-hydrogen) atoms. The maximum absolute atomic E-state index is 11.8. The fourth-order valence-electron chi connectivity index (χ4n) is 6.39. The van der Waals surface area contributed by atoms with Crippen molar-refractivity contribution in [1.82, 2.24) is 0 Å². The van der Waals surface area contributed by atoms with Crippen LogP contribution in [-0.2, 0) is 50.8 Å². The van der Waals surface area contributed by atoms with Crippen LogP contribution in [0.1, 0.15) is 35.1 Å². The van der Waals surface area contributed by atoms with Crippen LogP contribution in [0.3, 0.4) is 0 Å². The van der Waals surface area contributed by atoms with Gasteiger partial charge < -0.3 is 0 Å². The minimum Gasteiger partial charge on any atom is -0.282 e. The van der Waals surface area contributed by atoms with Crippen LogP contribution >= 0.6 is 18.5 Å². The van der Waals surface area contributed by atoms with Gasteiger partial charge in [-0.3, -0.25) is 18.2 Å². The van der Waals surface area contributed by atoms with Gasteiger partial charge in [0.2, 0.25) is 0 Å². The molecule has 0 amide bonds. The lowest BCUT2D eigenvalue weighted by Gasteiger charge is -2.56. The maximum atomic E-state index is 11.8. The van der Waals surface area contributed by atoms with Crippen LogP contribution in [0.15, 0.2) is 117 Å². The fraction of sp³-hybridized carbons (Fsp3) is 0.200. The first-order valence-corrected chi connectivity index (χ1v) is 20.9. The Balaban J connectivity index is 1.72. The summed E-state index contributed by atoms with van der Waals surface area (Å²) in [4.78, 5) is -1.38. The van der Waals surface area contributed by atoms with Gasteiger partial charge >= 0.3 is 0 Å². The van der Waals surface area contributed by atoms with Gasteiger partial charge in [0.05, 0.1) is 19.6 Å². The van der Waals surface area contributed by atoms with Gasteiger partial charge in [-0.05, 0) is 95.5 Å². The molecule has 0 aliphatic heterocycles. The van der Waals surface area contributed by atoms with Gasteiger partial charge in [-0.15, -0.1) is 18.5 Å². The molecule has 4 unspecified atom stereocenters. The third-order valence-corrected chi connectivity index (χ3v) is 14.6. The summed E-state index contributed by atoms with van der Waals surface area (Å²) in [5.74, 6) is -0.675. The average Bonchev–Trinajstić information content (AvgIpc) is 2.99. The van der Waals surface area contributed by atoms with Crippen molar-refractivity contribution in [3.05, 3.63) is 119 Å². The van der Waals surface area contributed by atoms with Crippen LogP contribution in [0.5, 0.6) is 0 Å². The summed E-state index contributed by atoms with van der Waals surface area (Å²) < 4.78 is 133. The van der Waals surface area contributed by atoms with Crippen LogP contribution in [0.4, 0.5) is 0 Å². The van der Waals surface area contributed by atoms with E-state index in [4.69, 9.17) is 0 Å². The van der Waals surface area contributed by atoms with Gasteiger partial charge in [-0.25, -0.2) is 0 Å². The minimum atomic E-state index is -4.52. The predicted molar refractivity (Wildman–Crippen MR) is 182 cm³/mol. The molecule has 4 aromatic rings. The second-order valence-corrected chi connectivity index (χ2v) is 19.0. The van der Waals surface area contributed by atoms with Gasteiger partial charge in [-0.2, -0.15) is 33.7 Å². The lowest BCUT2D eigenvalue weighted by molar-refractivity contribution is 0.109. The highest BCUT2D eigenvalue weighted by molar-refractivity contribution is 7.86. The Labute approximate surface area is 283 Å². The molecule has 256 valence electrons. The molecule has 1 aliphatic carbocycles. The van der Waals surface area contributed by atoms with E-state index in [1.165, 1.54) is 97.1 Å².